The minimum absolute atomic E-state index is 0. The molecule has 3 rings (SSSR count). The minimum atomic E-state index is 0. The molecule has 0 bridgehead atoms. The van der Waals surface area contributed by atoms with Crippen molar-refractivity contribution in [2.24, 2.45) is 17.6 Å². The van der Waals surface area contributed by atoms with Crippen LogP contribution in [0.4, 0.5) is 0 Å². The van der Waals surface area contributed by atoms with E-state index in [1.165, 1.54) is 0 Å². The van der Waals surface area contributed by atoms with E-state index < -0.39 is 0 Å². The van der Waals surface area contributed by atoms with Gasteiger partial charge in [-0.3, -0.25) is 9.48 Å². The van der Waals surface area contributed by atoms with E-state index in [4.69, 9.17) is 5.73 Å². The first kappa shape index (κ1) is 26.5. The first-order valence-electron chi connectivity index (χ1n) is 9.35. The maximum absolute atomic E-state index is 12.8. The van der Waals surface area contributed by atoms with Crippen LogP contribution in [0, 0.1) is 11.8 Å². The average molecular weight is 443 g/mol. The fourth-order valence-corrected chi connectivity index (χ4v) is 4.29. The van der Waals surface area contributed by atoms with Crippen molar-refractivity contribution in [3.05, 3.63) is 18.5 Å². The van der Waals surface area contributed by atoms with Gasteiger partial charge in [-0.05, 0) is 44.2 Å². The highest BCUT2D eigenvalue weighted by atomic mass is 35.5. The van der Waals surface area contributed by atoms with E-state index in [0.717, 1.165) is 58.3 Å². The molecule has 6 nitrogen and oxygen atoms in total. The van der Waals surface area contributed by atoms with Crippen LogP contribution < -0.4 is 5.73 Å². The molecule has 0 spiro atoms. The molecule has 1 aromatic heterocycles. The maximum Gasteiger partial charge on any atom is 0.226 e. The highest BCUT2D eigenvalue weighted by Crippen LogP contribution is 2.33. The highest BCUT2D eigenvalue weighted by Gasteiger charge is 2.36. The number of aromatic nitrogens is 2. The molecule has 2 atom stereocenters. The Morgan fingerprint density at radius 3 is 2.44 bits per heavy atom. The molecule has 1 saturated heterocycles. The molecule has 27 heavy (non-hydrogen) atoms. The number of hydrogen-bond donors (Lipinski definition) is 1. The van der Waals surface area contributed by atoms with Gasteiger partial charge in [0.15, 0.2) is 0 Å². The number of carbonyl (C=O) groups is 1. The predicted octanol–water partition coefficient (Wildman–Crippen LogP) is 2.45. The van der Waals surface area contributed by atoms with E-state index >= 15 is 0 Å². The van der Waals surface area contributed by atoms with Crippen LogP contribution in [0.25, 0.3) is 0 Å². The lowest BCUT2D eigenvalue weighted by molar-refractivity contribution is -0.138. The Kier molecular flexibility index (Phi) is 12.6. The number of hydrogen-bond acceptors (Lipinski definition) is 4. The summed E-state index contributed by atoms with van der Waals surface area (Å²) in [5.74, 6) is 0.893. The van der Waals surface area contributed by atoms with Crippen molar-refractivity contribution in [1.82, 2.24) is 19.6 Å². The molecular formula is C18H34Cl3N5O. The van der Waals surface area contributed by atoms with Crippen LogP contribution in [-0.4, -0.2) is 64.8 Å². The normalized spacial score (nSPS) is 23.0. The third-order valence-electron chi connectivity index (χ3n) is 5.94. The predicted molar refractivity (Wildman–Crippen MR) is 116 cm³/mol. The van der Waals surface area contributed by atoms with Gasteiger partial charge in [0.05, 0.1) is 6.54 Å². The summed E-state index contributed by atoms with van der Waals surface area (Å²) >= 11 is 0. The molecular weight excluding hydrogens is 409 g/mol. The molecule has 2 N–H and O–H groups in total. The van der Waals surface area contributed by atoms with Crippen LogP contribution in [0.5, 0.6) is 0 Å². The monoisotopic (exact) mass is 441 g/mol. The summed E-state index contributed by atoms with van der Waals surface area (Å²) < 4.78 is 1.98. The van der Waals surface area contributed by atoms with E-state index in [-0.39, 0.29) is 43.1 Å². The zero-order valence-electron chi connectivity index (χ0n) is 16.0. The lowest BCUT2D eigenvalue weighted by Gasteiger charge is -2.38. The summed E-state index contributed by atoms with van der Waals surface area (Å²) in [5.41, 5.74) is 5.85. The molecule has 2 aliphatic rings. The second kappa shape index (κ2) is 12.8. The Balaban J connectivity index is 0.00000225. The van der Waals surface area contributed by atoms with E-state index in [1.807, 2.05) is 35.1 Å². The number of nitrogens with two attached hydrogens (primary N) is 1. The molecule has 1 saturated carbocycles. The van der Waals surface area contributed by atoms with Crippen molar-refractivity contribution >= 4 is 43.1 Å². The molecule has 1 aromatic rings. The zero-order chi connectivity index (χ0) is 16.9. The number of piperidine rings is 1. The summed E-state index contributed by atoms with van der Waals surface area (Å²) in [7, 11) is 2.00. The maximum atomic E-state index is 12.8. The smallest absolute Gasteiger partial charge is 0.226 e. The number of nitrogens with zero attached hydrogens (tertiary/aromatic N) is 4. The van der Waals surface area contributed by atoms with Gasteiger partial charge in [-0.25, -0.2) is 0 Å². The minimum Gasteiger partial charge on any atom is -0.342 e. The molecule has 0 radical (unpaired) electrons. The van der Waals surface area contributed by atoms with Gasteiger partial charge in [0, 0.05) is 51.0 Å². The summed E-state index contributed by atoms with van der Waals surface area (Å²) in [6.07, 6.45) is 9.26. The van der Waals surface area contributed by atoms with Crippen LogP contribution in [0.2, 0.25) is 0 Å². The quantitative estimate of drug-likeness (QED) is 0.735. The van der Waals surface area contributed by atoms with Crippen LogP contribution in [0.1, 0.15) is 32.1 Å². The van der Waals surface area contributed by atoms with E-state index in [0.29, 0.717) is 24.4 Å². The van der Waals surface area contributed by atoms with Crippen molar-refractivity contribution in [3.63, 3.8) is 0 Å². The van der Waals surface area contributed by atoms with Gasteiger partial charge in [0.1, 0.15) is 0 Å². The fourth-order valence-electron chi connectivity index (χ4n) is 4.29. The topological polar surface area (TPSA) is 67.4 Å². The number of likely N-dealkylation sites (tertiary alicyclic amines) is 1. The summed E-state index contributed by atoms with van der Waals surface area (Å²) in [6.45, 7) is 4.75. The SMILES string of the molecule is CN(C(=O)[C@@H]1CCC[C@@H]1CN)C1CCN(CCn2cccn2)CC1.Cl.Cl.Cl. The van der Waals surface area contributed by atoms with Crippen molar-refractivity contribution in [1.29, 1.82) is 0 Å². The Hall–Kier alpha value is -0.530. The Morgan fingerprint density at radius 1 is 1.15 bits per heavy atom. The van der Waals surface area contributed by atoms with Gasteiger partial charge in [0.2, 0.25) is 5.91 Å². The summed E-state index contributed by atoms with van der Waals surface area (Å²) in [6, 6.07) is 2.35. The Bertz CT molecular complexity index is 523. The molecule has 158 valence electrons. The van der Waals surface area contributed by atoms with Crippen LogP contribution in [0.15, 0.2) is 18.5 Å². The van der Waals surface area contributed by atoms with Crippen molar-refractivity contribution in [2.45, 2.75) is 44.7 Å². The summed E-state index contributed by atoms with van der Waals surface area (Å²) in [5, 5.41) is 4.25. The largest absolute Gasteiger partial charge is 0.342 e. The van der Waals surface area contributed by atoms with E-state index in [9.17, 15) is 4.79 Å². The molecule has 1 aliphatic carbocycles. The van der Waals surface area contributed by atoms with Gasteiger partial charge in [0.25, 0.3) is 0 Å². The molecule has 0 aromatic carbocycles. The molecule has 9 heteroatoms. The molecule has 1 aliphatic heterocycles. The third kappa shape index (κ3) is 6.79. The zero-order valence-corrected chi connectivity index (χ0v) is 18.5. The fraction of sp³-hybridized carbons (Fsp3) is 0.778. The molecule has 2 fully saturated rings. The van der Waals surface area contributed by atoms with Crippen LogP contribution in [0.3, 0.4) is 0 Å². The van der Waals surface area contributed by atoms with E-state index in [2.05, 4.69) is 10.00 Å². The first-order chi connectivity index (χ1) is 11.7. The van der Waals surface area contributed by atoms with Crippen molar-refractivity contribution in [2.75, 3.05) is 33.2 Å². The standard InChI is InChI=1S/C18H31N5O.3ClH/c1-21(18(24)17-5-2-4-15(17)14-19)16-6-10-22(11-7-16)12-13-23-9-3-8-20-23;;;/h3,8-9,15-17H,2,4-7,10-14,19H2,1H3;3*1H/t15-,17-;;;/m1.../s1. The van der Waals surface area contributed by atoms with Gasteiger partial charge >= 0.3 is 0 Å². The number of amides is 1. The summed E-state index contributed by atoms with van der Waals surface area (Å²) in [4.78, 5) is 17.3. The number of rotatable bonds is 6. The van der Waals surface area contributed by atoms with Crippen molar-refractivity contribution in [3.8, 4) is 0 Å². The highest BCUT2D eigenvalue weighted by molar-refractivity contribution is 5.86. The molecule has 0 unspecified atom stereocenters. The van der Waals surface area contributed by atoms with E-state index in [1.54, 1.807) is 0 Å². The second-order valence-corrected chi connectivity index (χ2v) is 7.32. The third-order valence-corrected chi connectivity index (χ3v) is 5.94. The van der Waals surface area contributed by atoms with Gasteiger partial charge in [-0.2, -0.15) is 5.10 Å². The number of halogens is 3. The lowest BCUT2D eigenvalue weighted by Crippen LogP contribution is -2.48. The van der Waals surface area contributed by atoms with Gasteiger partial charge in [-0.1, -0.05) is 6.42 Å². The van der Waals surface area contributed by atoms with Crippen LogP contribution in [-0.2, 0) is 11.3 Å². The Morgan fingerprint density at radius 2 is 1.85 bits per heavy atom. The molecule has 1 amide bonds. The van der Waals surface area contributed by atoms with Crippen LogP contribution >= 0.6 is 37.2 Å². The van der Waals surface area contributed by atoms with Gasteiger partial charge in [-0.15, -0.1) is 37.2 Å². The molecule has 2 heterocycles. The second-order valence-electron chi connectivity index (χ2n) is 7.32. The first-order valence-corrected chi connectivity index (χ1v) is 9.35. The van der Waals surface area contributed by atoms with Crippen molar-refractivity contribution < 1.29 is 4.79 Å². The lowest BCUT2D eigenvalue weighted by atomic mass is 9.93. The Labute approximate surface area is 181 Å². The number of carbonyl (C=O) groups excluding carboxylic acids is 1. The average Bonchev–Trinajstić information content (AvgIpc) is 3.30. The van der Waals surface area contributed by atoms with Gasteiger partial charge < -0.3 is 15.5 Å².